The fourth-order valence-electron chi connectivity index (χ4n) is 4.33. The first-order valence-electron chi connectivity index (χ1n) is 11.2. The van der Waals surface area contributed by atoms with Gasteiger partial charge in [0.05, 0.1) is 5.56 Å². The van der Waals surface area contributed by atoms with Gasteiger partial charge in [-0.1, -0.05) is 38.7 Å². The Balaban J connectivity index is 1.60. The summed E-state index contributed by atoms with van der Waals surface area (Å²) in [5.41, 5.74) is 0.499. The quantitative estimate of drug-likeness (QED) is 0.170. The van der Waals surface area contributed by atoms with Crippen molar-refractivity contribution in [3.63, 3.8) is 0 Å². The number of carbonyl (C=O) groups excluding carboxylic acids is 1. The Labute approximate surface area is 189 Å². The number of esters is 1. The molecular formula is C25H27F5O3. The molecular weight excluding hydrogens is 443 g/mol. The molecule has 0 unspecified atom stereocenters. The molecule has 0 aromatic heterocycles. The van der Waals surface area contributed by atoms with E-state index in [0.29, 0.717) is 12.1 Å². The van der Waals surface area contributed by atoms with Crippen molar-refractivity contribution < 1.29 is 36.2 Å². The molecule has 1 saturated carbocycles. The molecule has 0 aliphatic heterocycles. The second kappa shape index (κ2) is 11.0. The number of hydrogen-bond acceptors (Lipinski definition) is 3. The van der Waals surface area contributed by atoms with Gasteiger partial charge >= 0.3 is 12.3 Å². The van der Waals surface area contributed by atoms with Crippen molar-refractivity contribution in [1.29, 1.82) is 0 Å². The maximum absolute atomic E-state index is 14.6. The molecule has 0 heterocycles. The van der Waals surface area contributed by atoms with Crippen molar-refractivity contribution in [2.24, 2.45) is 5.92 Å². The van der Waals surface area contributed by atoms with Gasteiger partial charge in [-0.25, -0.2) is 13.6 Å². The smallest absolute Gasteiger partial charge is 0.423 e. The summed E-state index contributed by atoms with van der Waals surface area (Å²) in [7, 11) is 0. The number of unbranched alkanes of at least 4 members (excludes halogenated alkanes) is 2. The maximum Gasteiger partial charge on any atom is 0.573 e. The highest BCUT2D eigenvalue weighted by molar-refractivity contribution is 5.91. The number of hydrogen-bond donors (Lipinski definition) is 0. The van der Waals surface area contributed by atoms with E-state index in [0.717, 1.165) is 43.2 Å². The van der Waals surface area contributed by atoms with Gasteiger partial charge in [0.2, 0.25) is 0 Å². The zero-order valence-corrected chi connectivity index (χ0v) is 18.4. The standard InChI is InChI=1S/C25H27F5O3/c1-2-3-4-5-16-6-8-17(9-7-16)18-10-12-20(21(26)14-18)24(31)32-19-11-13-23(22(27)15-19)33-25(28,29)30/h10-17H,2-9H2,1H3. The highest BCUT2D eigenvalue weighted by Crippen LogP contribution is 2.38. The van der Waals surface area contributed by atoms with Crippen LogP contribution in [0.4, 0.5) is 22.0 Å². The van der Waals surface area contributed by atoms with Crippen LogP contribution in [0.1, 0.15) is 80.1 Å². The Bertz CT molecular complexity index is 950. The minimum atomic E-state index is -5.06. The van der Waals surface area contributed by atoms with Gasteiger partial charge < -0.3 is 9.47 Å². The van der Waals surface area contributed by atoms with E-state index >= 15 is 0 Å². The predicted octanol–water partition coefficient (Wildman–Crippen LogP) is 7.94. The van der Waals surface area contributed by atoms with Crippen molar-refractivity contribution in [2.75, 3.05) is 0 Å². The molecule has 8 heteroatoms. The average Bonchev–Trinajstić information content (AvgIpc) is 2.75. The van der Waals surface area contributed by atoms with Crippen LogP contribution < -0.4 is 9.47 Å². The number of alkyl halides is 3. The van der Waals surface area contributed by atoms with Gasteiger partial charge in [-0.15, -0.1) is 13.2 Å². The van der Waals surface area contributed by atoms with Crippen molar-refractivity contribution in [3.8, 4) is 11.5 Å². The van der Waals surface area contributed by atoms with E-state index in [1.165, 1.54) is 37.8 Å². The Hall–Kier alpha value is -2.64. The molecule has 1 aliphatic rings. The number of halogens is 5. The first-order valence-corrected chi connectivity index (χ1v) is 11.2. The Morgan fingerprint density at radius 3 is 2.30 bits per heavy atom. The van der Waals surface area contributed by atoms with Gasteiger partial charge in [0, 0.05) is 6.07 Å². The molecule has 0 amide bonds. The highest BCUT2D eigenvalue weighted by atomic mass is 19.4. The van der Waals surface area contributed by atoms with Crippen LogP contribution in [0.5, 0.6) is 11.5 Å². The lowest BCUT2D eigenvalue weighted by molar-refractivity contribution is -0.275. The zero-order chi connectivity index (χ0) is 24.0. The fraction of sp³-hybridized carbons (Fsp3) is 0.480. The van der Waals surface area contributed by atoms with Gasteiger partial charge in [0.25, 0.3) is 0 Å². The third kappa shape index (κ3) is 7.17. The normalized spacial score (nSPS) is 18.7. The molecule has 0 bridgehead atoms. The molecule has 1 aliphatic carbocycles. The minimum absolute atomic E-state index is 0.238. The Kier molecular flexibility index (Phi) is 8.32. The maximum atomic E-state index is 14.6. The van der Waals surface area contributed by atoms with Crippen molar-refractivity contribution in [3.05, 3.63) is 59.2 Å². The Morgan fingerprint density at radius 2 is 1.70 bits per heavy atom. The summed E-state index contributed by atoms with van der Waals surface area (Å²) in [5, 5.41) is 0. The highest BCUT2D eigenvalue weighted by Gasteiger charge is 2.32. The van der Waals surface area contributed by atoms with E-state index in [1.54, 1.807) is 6.07 Å². The van der Waals surface area contributed by atoms with E-state index in [4.69, 9.17) is 4.74 Å². The van der Waals surface area contributed by atoms with E-state index in [-0.39, 0.29) is 17.2 Å². The van der Waals surface area contributed by atoms with Gasteiger partial charge in [0.15, 0.2) is 11.6 Å². The van der Waals surface area contributed by atoms with Crippen LogP contribution in [0.25, 0.3) is 0 Å². The molecule has 1 fully saturated rings. The first-order chi connectivity index (χ1) is 15.7. The SMILES string of the molecule is CCCCCC1CCC(c2ccc(C(=O)Oc3ccc(OC(F)(F)F)c(F)c3)c(F)c2)CC1. The van der Waals surface area contributed by atoms with Crippen LogP contribution in [0.3, 0.4) is 0 Å². The average molecular weight is 470 g/mol. The van der Waals surface area contributed by atoms with Crippen molar-refractivity contribution in [1.82, 2.24) is 0 Å². The van der Waals surface area contributed by atoms with Gasteiger partial charge in [-0.3, -0.25) is 0 Å². The summed E-state index contributed by atoms with van der Waals surface area (Å²) in [6.07, 6.45) is 4.06. The van der Waals surface area contributed by atoms with E-state index in [1.807, 2.05) is 0 Å². The van der Waals surface area contributed by atoms with Crippen LogP contribution in [-0.4, -0.2) is 12.3 Å². The number of carbonyl (C=O) groups is 1. The Morgan fingerprint density at radius 1 is 0.970 bits per heavy atom. The van der Waals surface area contributed by atoms with Crippen molar-refractivity contribution in [2.45, 2.75) is 70.6 Å². The van der Waals surface area contributed by atoms with Gasteiger partial charge in [-0.05, 0) is 67.3 Å². The molecule has 180 valence electrons. The fourth-order valence-corrected chi connectivity index (χ4v) is 4.33. The molecule has 33 heavy (non-hydrogen) atoms. The summed E-state index contributed by atoms with van der Waals surface area (Å²) in [6, 6.07) is 6.56. The van der Waals surface area contributed by atoms with E-state index < -0.39 is 29.7 Å². The summed E-state index contributed by atoms with van der Waals surface area (Å²) >= 11 is 0. The van der Waals surface area contributed by atoms with Crippen LogP contribution >= 0.6 is 0 Å². The van der Waals surface area contributed by atoms with E-state index in [9.17, 15) is 26.7 Å². The molecule has 3 rings (SSSR count). The zero-order valence-electron chi connectivity index (χ0n) is 18.4. The summed E-state index contributed by atoms with van der Waals surface area (Å²) in [6.45, 7) is 2.19. The lowest BCUT2D eigenvalue weighted by atomic mass is 9.77. The summed E-state index contributed by atoms with van der Waals surface area (Å²) < 4.78 is 73.6. The van der Waals surface area contributed by atoms with E-state index in [2.05, 4.69) is 11.7 Å². The monoisotopic (exact) mass is 470 g/mol. The largest absolute Gasteiger partial charge is 0.573 e. The molecule has 0 N–H and O–H groups in total. The van der Waals surface area contributed by atoms with Gasteiger partial charge in [0.1, 0.15) is 11.6 Å². The lowest BCUT2D eigenvalue weighted by Gasteiger charge is -2.29. The third-order valence-electron chi connectivity index (χ3n) is 6.09. The molecule has 2 aromatic carbocycles. The summed E-state index contributed by atoms with van der Waals surface area (Å²) in [5.74, 6) is -3.64. The second-order valence-corrected chi connectivity index (χ2v) is 8.48. The topological polar surface area (TPSA) is 35.5 Å². The van der Waals surface area contributed by atoms with Crippen LogP contribution in [0.2, 0.25) is 0 Å². The molecule has 2 aromatic rings. The first kappa shape index (κ1) is 25.0. The predicted molar refractivity (Wildman–Crippen MR) is 113 cm³/mol. The van der Waals surface area contributed by atoms with Crippen LogP contribution in [0.15, 0.2) is 36.4 Å². The van der Waals surface area contributed by atoms with Gasteiger partial charge in [-0.2, -0.15) is 0 Å². The number of rotatable bonds is 8. The number of ether oxygens (including phenoxy) is 2. The molecule has 0 saturated heterocycles. The molecule has 3 nitrogen and oxygen atoms in total. The number of benzene rings is 2. The minimum Gasteiger partial charge on any atom is -0.423 e. The molecule has 0 atom stereocenters. The third-order valence-corrected chi connectivity index (χ3v) is 6.09. The molecule has 0 radical (unpaired) electrons. The van der Waals surface area contributed by atoms with Crippen LogP contribution in [-0.2, 0) is 0 Å². The van der Waals surface area contributed by atoms with Crippen LogP contribution in [0, 0.1) is 17.6 Å². The second-order valence-electron chi connectivity index (χ2n) is 8.48. The van der Waals surface area contributed by atoms with Crippen molar-refractivity contribution >= 4 is 5.97 Å². The summed E-state index contributed by atoms with van der Waals surface area (Å²) in [4.78, 5) is 12.3. The lowest BCUT2D eigenvalue weighted by Crippen LogP contribution is -2.18. The molecule has 0 spiro atoms.